The molecule has 0 amide bonds. The zero-order valence-electron chi connectivity index (χ0n) is 12.4. The Hall–Kier alpha value is -0.880. The van der Waals surface area contributed by atoms with Crippen molar-refractivity contribution in [1.82, 2.24) is 14.9 Å². The SMILES string of the molecule is CCCNc1ncc(Br)c(N2CCN(CCC)CC2)n1. The Morgan fingerprint density at radius 3 is 2.60 bits per heavy atom. The maximum atomic E-state index is 4.64. The number of nitrogens with zero attached hydrogens (tertiary/aromatic N) is 4. The van der Waals surface area contributed by atoms with Crippen molar-refractivity contribution in [2.45, 2.75) is 26.7 Å². The highest BCUT2D eigenvalue weighted by molar-refractivity contribution is 9.10. The minimum atomic E-state index is 0.723. The molecule has 0 atom stereocenters. The van der Waals surface area contributed by atoms with Gasteiger partial charge in [0.15, 0.2) is 0 Å². The van der Waals surface area contributed by atoms with Gasteiger partial charge in [-0.2, -0.15) is 4.98 Å². The van der Waals surface area contributed by atoms with Crippen LogP contribution in [-0.2, 0) is 0 Å². The lowest BCUT2D eigenvalue weighted by atomic mass is 10.3. The number of piperazine rings is 1. The predicted octanol–water partition coefficient (Wildman–Crippen LogP) is 2.59. The van der Waals surface area contributed by atoms with Gasteiger partial charge >= 0.3 is 0 Å². The van der Waals surface area contributed by atoms with Crippen LogP contribution in [0.5, 0.6) is 0 Å². The molecule has 1 saturated heterocycles. The zero-order chi connectivity index (χ0) is 14.4. The van der Waals surface area contributed by atoms with Crippen LogP contribution < -0.4 is 10.2 Å². The largest absolute Gasteiger partial charge is 0.354 e. The summed E-state index contributed by atoms with van der Waals surface area (Å²) in [5, 5.41) is 3.25. The second-order valence-corrected chi connectivity index (χ2v) is 5.97. The van der Waals surface area contributed by atoms with Crippen molar-refractivity contribution in [2.75, 3.05) is 49.5 Å². The van der Waals surface area contributed by atoms with Gasteiger partial charge in [0.1, 0.15) is 5.82 Å². The molecule has 0 unspecified atom stereocenters. The van der Waals surface area contributed by atoms with E-state index in [1.807, 2.05) is 6.20 Å². The Balaban J connectivity index is 2.01. The van der Waals surface area contributed by atoms with Crippen LogP contribution >= 0.6 is 15.9 Å². The quantitative estimate of drug-likeness (QED) is 0.861. The predicted molar refractivity (Wildman–Crippen MR) is 87.5 cm³/mol. The molecule has 6 heteroatoms. The van der Waals surface area contributed by atoms with Crippen LogP contribution in [0.2, 0.25) is 0 Å². The first-order valence-corrected chi connectivity index (χ1v) is 8.27. The van der Waals surface area contributed by atoms with E-state index in [9.17, 15) is 0 Å². The Kier molecular flexibility index (Phi) is 6.04. The summed E-state index contributed by atoms with van der Waals surface area (Å²) in [4.78, 5) is 13.8. The van der Waals surface area contributed by atoms with Crippen molar-refractivity contribution in [3.63, 3.8) is 0 Å². The number of nitrogens with one attached hydrogen (secondary N) is 1. The maximum absolute atomic E-state index is 4.64. The van der Waals surface area contributed by atoms with Gasteiger partial charge in [-0.15, -0.1) is 0 Å². The van der Waals surface area contributed by atoms with Crippen molar-refractivity contribution < 1.29 is 0 Å². The summed E-state index contributed by atoms with van der Waals surface area (Å²) >= 11 is 3.57. The molecule has 2 heterocycles. The van der Waals surface area contributed by atoms with E-state index in [1.165, 1.54) is 13.0 Å². The lowest BCUT2D eigenvalue weighted by Gasteiger charge is -2.35. The number of halogens is 1. The number of hydrogen-bond donors (Lipinski definition) is 1. The fourth-order valence-corrected chi connectivity index (χ4v) is 2.84. The second-order valence-electron chi connectivity index (χ2n) is 5.12. The molecule has 1 aromatic rings. The Morgan fingerprint density at radius 1 is 1.20 bits per heavy atom. The monoisotopic (exact) mass is 341 g/mol. The number of rotatable bonds is 6. The third kappa shape index (κ3) is 4.06. The topological polar surface area (TPSA) is 44.3 Å². The molecule has 5 nitrogen and oxygen atoms in total. The van der Waals surface area contributed by atoms with Crippen LogP contribution in [-0.4, -0.2) is 54.1 Å². The van der Waals surface area contributed by atoms with Crippen LogP contribution in [0.3, 0.4) is 0 Å². The van der Waals surface area contributed by atoms with E-state index < -0.39 is 0 Å². The van der Waals surface area contributed by atoms with Gasteiger partial charge in [0.2, 0.25) is 5.95 Å². The summed E-state index contributed by atoms with van der Waals surface area (Å²) in [6.07, 6.45) is 4.14. The van der Waals surface area contributed by atoms with E-state index in [2.05, 4.69) is 54.9 Å². The standard InChI is InChI=1S/C14H24BrN5/c1-3-5-16-14-17-11-12(15)13(18-14)20-9-7-19(6-4-2)8-10-20/h11H,3-10H2,1-2H3,(H,16,17,18). The molecule has 0 aliphatic carbocycles. The molecule has 2 rings (SSSR count). The average Bonchev–Trinajstić information content (AvgIpc) is 2.48. The lowest BCUT2D eigenvalue weighted by Crippen LogP contribution is -2.47. The van der Waals surface area contributed by atoms with E-state index in [1.54, 1.807) is 0 Å². The number of hydrogen-bond acceptors (Lipinski definition) is 5. The molecular weight excluding hydrogens is 318 g/mol. The van der Waals surface area contributed by atoms with Gasteiger partial charge in [-0.3, -0.25) is 4.90 Å². The van der Waals surface area contributed by atoms with Crippen LogP contribution in [0.15, 0.2) is 10.7 Å². The first kappa shape index (κ1) is 15.5. The van der Waals surface area contributed by atoms with Crippen molar-refractivity contribution in [2.24, 2.45) is 0 Å². The van der Waals surface area contributed by atoms with E-state index in [0.717, 1.165) is 55.4 Å². The minimum absolute atomic E-state index is 0.723. The van der Waals surface area contributed by atoms with E-state index in [4.69, 9.17) is 0 Å². The number of anilines is 2. The molecule has 1 N–H and O–H groups in total. The third-order valence-electron chi connectivity index (χ3n) is 3.47. The molecule has 0 saturated carbocycles. The van der Waals surface area contributed by atoms with Gasteiger partial charge in [0.05, 0.1) is 4.47 Å². The van der Waals surface area contributed by atoms with Gasteiger partial charge < -0.3 is 10.2 Å². The molecule has 1 fully saturated rings. The van der Waals surface area contributed by atoms with Gasteiger partial charge in [0, 0.05) is 38.9 Å². The molecule has 0 spiro atoms. The number of aromatic nitrogens is 2. The molecule has 1 aromatic heterocycles. The molecule has 0 aromatic carbocycles. The Morgan fingerprint density at radius 2 is 1.95 bits per heavy atom. The fraction of sp³-hybridized carbons (Fsp3) is 0.714. The first-order valence-electron chi connectivity index (χ1n) is 7.48. The summed E-state index contributed by atoms with van der Waals surface area (Å²) in [5.74, 6) is 1.73. The van der Waals surface area contributed by atoms with Crippen molar-refractivity contribution >= 4 is 27.7 Å². The van der Waals surface area contributed by atoms with Crippen molar-refractivity contribution in [1.29, 1.82) is 0 Å². The van der Waals surface area contributed by atoms with Gasteiger partial charge in [0.25, 0.3) is 0 Å². The molecule has 20 heavy (non-hydrogen) atoms. The highest BCUT2D eigenvalue weighted by Crippen LogP contribution is 2.25. The van der Waals surface area contributed by atoms with E-state index in [0.29, 0.717) is 0 Å². The summed E-state index contributed by atoms with van der Waals surface area (Å²) < 4.78 is 0.975. The van der Waals surface area contributed by atoms with Crippen LogP contribution in [0.1, 0.15) is 26.7 Å². The van der Waals surface area contributed by atoms with Gasteiger partial charge in [-0.05, 0) is 35.3 Å². The maximum Gasteiger partial charge on any atom is 0.224 e. The van der Waals surface area contributed by atoms with Crippen molar-refractivity contribution in [3.8, 4) is 0 Å². The molecule has 0 bridgehead atoms. The first-order chi connectivity index (χ1) is 9.74. The van der Waals surface area contributed by atoms with Crippen LogP contribution in [0.25, 0.3) is 0 Å². The van der Waals surface area contributed by atoms with Crippen LogP contribution in [0.4, 0.5) is 11.8 Å². The lowest BCUT2D eigenvalue weighted by molar-refractivity contribution is 0.258. The minimum Gasteiger partial charge on any atom is -0.354 e. The molecule has 0 radical (unpaired) electrons. The van der Waals surface area contributed by atoms with Crippen LogP contribution in [0, 0.1) is 0 Å². The normalized spacial score (nSPS) is 16.4. The zero-order valence-corrected chi connectivity index (χ0v) is 14.0. The summed E-state index contributed by atoms with van der Waals surface area (Å²) in [7, 11) is 0. The summed E-state index contributed by atoms with van der Waals surface area (Å²) in [6, 6.07) is 0. The smallest absolute Gasteiger partial charge is 0.224 e. The van der Waals surface area contributed by atoms with E-state index >= 15 is 0 Å². The van der Waals surface area contributed by atoms with E-state index in [-0.39, 0.29) is 0 Å². The van der Waals surface area contributed by atoms with Gasteiger partial charge in [-0.25, -0.2) is 4.98 Å². The van der Waals surface area contributed by atoms with Crippen molar-refractivity contribution in [3.05, 3.63) is 10.7 Å². The molecule has 1 aliphatic heterocycles. The average molecular weight is 342 g/mol. The summed E-state index contributed by atoms with van der Waals surface area (Å²) in [6.45, 7) is 10.8. The third-order valence-corrected chi connectivity index (χ3v) is 4.03. The fourth-order valence-electron chi connectivity index (χ4n) is 2.40. The Labute approximate surface area is 129 Å². The van der Waals surface area contributed by atoms with Gasteiger partial charge in [-0.1, -0.05) is 13.8 Å². The molecule has 112 valence electrons. The highest BCUT2D eigenvalue weighted by Gasteiger charge is 2.19. The Bertz CT molecular complexity index is 418. The molecule has 1 aliphatic rings. The molecular formula is C14H24BrN5. The second kappa shape index (κ2) is 7.78. The highest BCUT2D eigenvalue weighted by atomic mass is 79.9. The summed E-state index contributed by atoms with van der Waals surface area (Å²) in [5.41, 5.74) is 0.